The van der Waals surface area contributed by atoms with Crippen molar-refractivity contribution in [1.82, 2.24) is 0 Å². The Morgan fingerprint density at radius 2 is 1.79 bits per heavy atom. The number of aliphatic hydroxyl groups excluding tert-OH is 1. The number of hydrogen-bond acceptors (Lipinski definition) is 2. The maximum atomic E-state index is 11.4. The molecule has 0 atom stereocenters. The minimum atomic E-state index is -0.245. The van der Waals surface area contributed by atoms with Crippen LogP contribution in [0.4, 0.5) is 0 Å². The van der Waals surface area contributed by atoms with Gasteiger partial charge in [0.25, 0.3) is 0 Å². The van der Waals surface area contributed by atoms with Crippen molar-refractivity contribution >= 4 is 5.78 Å². The summed E-state index contributed by atoms with van der Waals surface area (Å²) in [5, 5.41) is 9.83. The predicted octanol–water partition coefficient (Wildman–Crippen LogP) is 3.48. The van der Waals surface area contributed by atoms with Crippen LogP contribution in [0.25, 0.3) is 0 Å². The SMILES string of the molecule is CCC(C)(CC)/C(O)=C/C(=O)C(C)C. The minimum absolute atomic E-state index is 0.00405. The Hall–Kier alpha value is -0.790. The number of ketones is 1. The summed E-state index contributed by atoms with van der Waals surface area (Å²) in [4.78, 5) is 11.4. The normalized spacial score (nSPS) is 13.4. The van der Waals surface area contributed by atoms with Gasteiger partial charge in [-0.05, 0) is 12.8 Å². The van der Waals surface area contributed by atoms with Crippen molar-refractivity contribution in [3.63, 3.8) is 0 Å². The third-order valence-corrected chi connectivity index (χ3v) is 3.03. The van der Waals surface area contributed by atoms with Gasteiger partial charge in [-0.25, -0.2) is 0 Å². The minimum Gasteiger partial charge on any atom is -0.512 e. The molecular formula is C12H22O2. The van der Waals surface area contributed by atoms with Gasteiger partial charge in [0.2, 0.25) is 0 Å². The highest BCUT2D eigenvalue weighted by Gasteiger charge is 2.25. The van der Waals surface area contributed by atoms with Gasteiger partial charge in [0, 0.05) is 17.4 Å². The highest BCUT2D eigenvalue weighted by molar-refractivity contribution is 5.91. The third kappa shape index (κ3) is 3.17. The zero-order valence-corrected chi connectivity index (χ0v) is 9.92. The van der Waals surface area contributed by atoms with Crippen molar-refractivity contribution in [2.45, 2.75) is 47.5 Å². The van der Waals surface area contributed by atoms with Gasteiger partial charge >= 0.3 is 0 Å². The quantitative estimate of drug-likeness (QED) is 0.542. The van der Waals surface area contributed by atoms with Crippen LogP contribution in [0.2, 0.25) is 0 Å². The molecule has 0 radical (unpaired) electrons. The van der Waals surface area contributed by atoms with E-state index in [0.717, 1.165) is 12.8 Å². The lowest BCUT2D eigenvalue weighted by Crippen LogP contribution is -2.19. The molecule has 0 aliphatic rings. The second kappa shape index (κ2) is 5.18. The van der Waals surface area contributed by atoms with E-state index in [1.165, 1.54) is 6.08 Å². The molecule has 0 amide bonds. The monoisotopic (exact) mass is 198 g/mol. The number of aliphatic hydroxyl groups is 1. The molecule has 0 aromatic carbocycles. The largest absolute Gasteiger partial charge is 0.512 e. The van der Waals surface area contributed by atoms with E-state index in [1.807, 2.05) is 34.6 Å². The summed E-state index contributed by atoms with van der Waals surface area (Å²) in [6.45, 7) is 9.69. The van der Waals surface area contributed by atoms with Crippen LogP contribution in [-0.4, -0.2) is 10.9 Å². The van der Waals surface area contributed by atoms with E-state index in [1.54, 1.807) is 0 Å². The number of carbonyl (C=O) groups is 1. The molecule has 1 N–H and O–H groups in total. The van der Waals surface area contributed by atoms with Crippen molar-refractivity contribution in [3.8, 4) is 0 Å². The molecule has 14 heavy (non-hydrogen) atoms. The van der Waals surface area contributed by atoms with Crippen molar-refractivity contribution in [3.05, 3.63) is 11.8 Å². The molecule has 0 aromatic rings. The highest BCUT2D eigenvalue weighted by Crippen LogP contribution is 2.32. The second-order valence-corrected chi connectivity index (χ2v) is 4.35. The van der Waals surface area contributed by atoms with E-state index < -0.39 is 0 Å². The molecule has 0 saturated heterocycles. The van der Waals surface area contributed by atoms with Gasteiger partial charge in [0.1, 0.15) is 5.76 Å². The second-order valence-electron chi connectivity index (χ2n) is 4.35. The lowest BCUT2D eigenvalue weighted by molar-refractivity contribution is -0.117. The molecule has 82 valence electrons. The van der Waals surface area contributed by atoms with Gasteiger partial charge in [-0.15, -0.1) is 0 Å². The summed E-state index contributed by atoms with van der Waals surface area (Å²) >= 11 is 0. The maximum absolute atomic E-state index is 11.4. The molecule has 2 nitrogen and oxygen atoms in total. The summed E-state index contributed by atoms with van der Waals surface area (Å²) in [5.41, 5.74) is -0.245. The lowest BCUT2D eigenvalue weighted by atomic mass is 9.82. The molecule has 2 heteroatoms. The van der Waals surface area contributed by atoms with Crippen LogP contribution < -0.4 is 0 Å². The lowest BCUT2D eigenvalue weighted by Gasteiger charge is -2.25. The van der Waals surface area contributed by atoms with Gasteiger partial charge in [0.05, 0.1) is 0 Å². The molecule has 0 aliphatic heterocycles. The average Bonchev–Trinajstić information content (AvgIpc) is 2.16. The Balaban J connectivity index is 4.74. The van der Waals surface area contributed by atoms with Crippen molar-refractivity contribution in [2.24, 2.45) is 11.3 Å². The van der Waals surface area contributed by atoms with Crippen LogP contribution in [0.5, 0.6) is 0 Å². The fraction of sp³-hybridized carbons (Fsp3) is 0.750. The predicted molar refractivity (Wildman–Crippen MR) is 59.2 cm³/mol. The Morgan fingerprint density at radius 3 is 2.07 bits per heavy atom. The van der Waals surface area contributed by atoms with E-state index >= 15 is 0 Å². The Morgan fingerprint density at radius 1 is 1.36 bits per heavy atom. The summed E-state index contributed by atoms with van der Waals surface area (Å²) in [6, 6.07) is 0. The van der Waals surface area contributed by atoms with Gasteiger partial charge in [0.15, 0.2) is 5.78 Å². The molecule has 0 bridgehead atoms. The van der Waals surface area contributed by atoms with E-state index in [0.29, 0.717) is 0 Å². The van der Waals surface area contributed by atoms with Crippen LogP contribution >= 0.6 is 0 Å². The topological polar surface area (TPSA) is 37.3 Å². The van der Waals surface area contributed by atoms with E-state index in [4.69, 9.17) is 0 Å². The van der Waals surface area contributed by atoms with Crippen LogP contribution in [0.3, 0.4) is 0 Å². The summed E-state index contributed by atoms with van der Waals surface area (Å²) in [6.07, 6.45) is 3.08. The zero-order valence-electron chi connectivity index (χ0n) is 9.92. The number of allylic oxidation sites excluding steroid dienone is 2. The Bertz CT molecular complexity index is 222. The standard InChI is InChI=1S/C12H22O2/c1-6-12(5,7-2)11(14)8-10(13)9(3)4/h8-9,14H,6-7H2,1-5H3/b11-8-. The van der Waals surface area contributed by atoms with Crippen LogP contribution in [0, 0.1) is 11.3 Å². The number of carbonyl (C=O) groups excluding carboxylic acids is 1. The van der Waals surface area contributed by atoms with E-state index in [-0.39, 0.29) is 22.9 Å². The molecule has 0 aliphatic carbocycles. The molecule has 0 spiro atoms. The Labute approximate surface area is 87.0 Å². The van der Waals surface area contributed by atoms with Crippen LogP contribution in [-0.2, 0) is 4.79 Å². The highest BCUT2D eigenvalue weighted by atomic mass is 16.3. The van der Waals surface area contributed by atoms with Crippen molar-refractivity contribution in [2.75, 3.05) is 0 Å². The molecule has 0 saturated carbocycles. The average molecular weight is 198 g/mol. The molecule has 0 unspecified atom stereocenters. The fourth-order valence-corrected chi connectivity index (χ4v) is 1.09. The fourth-order valence-electron chi connectivity index (χ4n) is 1.09. The number of hydrogen-bond donors (Lipinski definition) is 1. The molecule has 0 heterocycles. The molecule has 0 aromatic heterocycles. The number of rotatable bonds is 5. The summed E-state index contributed by atoms with van der Waals surface area (Å²) in [7, 11) is 0. The molecule has 0 fully saturated rings. The van der Waals surface area contributed by atoms with Gasteiger partial charge in [-0.1, -0.05) is 34.6 Å². The smallest absolute Gasteiger partial charge is 0.161 e. The maximum Gasteiger partial charge on any atom is 0.161 e. The molecule has 0 rings (SSSR count). The van der Waals surface area contributed by atoms with Gasteiger partial charge in [-0.3, -0.25) is 4.79 Å². The first-order valence-corrected chi connectivity index (χ1v) is 5.32. The summed E-state index contributed by atoms with van der Waals surface area (Å²) < 4.78 is 0. The van der Waals surface area contributed by atoms with Crippen molar-refractivity contribution in [1.29, 1.82) is 0 Å². The zero-order chi connectivity index (χ0) is 11.4. The van der Waals surface area contributed by atoms with E-state index in [2.05, 4.69) is 0 Å². The first kappa shape index (κ1) is 13.2. The van der Waals surface area contributed by atoms with E-state index in [9.17, 15) is 9.90 Å². The van der Waals surface area contributed by atoms with Gasteiger partial charge in [-0.2, -0.15) is 0 Å². The van der Waals surface area contributed by atoms with Crippen LogP contribution in [0.1, 0.15) is 47.5 Å². The first-order valence-electron chi connectivity index (χ1n) is 5.32. The molecular weight excluding hydrogens is 176 g/mol. The third-order valence-electron chi connectivity index (χ3n) is 3.03. The summed E-state index contributed by atoms with van der Waals surface area (Å²) in [5.74, 6) is 0.173. The Kier molecular flexibility index (Phi) is 4.89. The van der Waals surface area contributed by atoms with Gasteiger partial charge < -0.3 is 5.11 Å². The van der Waals surface area contributed by atoms with Crippen LogP contribution in [0.15, 0.2) is 11.8 Å². The first-order chi connectivity index (χ1) is 6.37. The van der Waals surface area contributed by atoms with Crippen molar-refractivity contribution < 1.29 is 9.90 Å².